The van der Waals surface area contributed by atoms with Gasteiger partial charge >= 0.3 is 0 Å². The van der Waals surface area contributed by atoms with Gasteiger partial charge in [-0.05, 0) is 50.5 Å². The third-order valence-electron chi connectivity index (χ3n) is 11.1. The Labute approximate surface area is 223 Å². The lowest BCUT2D eigenvalue weighted by atomic mass is 9.71. The van der Waals surface area contributed by atoms with Gasteiger partial charge in [-0.25, -0.2) is 0 Å². The Morgan fingerprint density at radius 3 is 2.39 bits per heavy atom. The first kappa shape index (κ1) is 28.8. The van der Waals surface area contributed by atoms with Gasteiger partial charge in [0.25, 0.3) is 0 Å². The van der Waals surface area contributed by atoms with Crippen molar-refractivity contribution in [3.8, 4) is 0 Å². The van der Waals surface area contributed by atoms with Crippen molar-refractivity contribution in [2.75, 3.05) is 59.0 Å². The van der Waals surface area contributed by atoms with Gasteiger partial charge in [0.15, 0.2) is 0 Å². The van der Waals surface area contributed by atoms with Gasteiger partial charge in [0, 0.05) is 50.8 Å². The van der Waals surface area contributed by atoms with Crippen LogP contribution in [0.1, 0.15) is 93.4 Å². The number of ether oxygens (including phenoxy) is 1. The summed E-state index contributed by atoms with van der Waals surface area (Å²) in [7, 11) is 0. The van der Waals surface area contributed by atoms with Crippen LogP contribution in [0.5, 0.6) is 0 Å². The summed E-state index contributed by atoms with van der Waals surface area (Å²) in [5, 5.41) is 7.65. The van der Waals surface area contributed by atoms with Crippen LogP contribution in [0.15, 0.2) is 0 Å². The number of hydrogen-bond donors (Lipinski definition) is 2. The van der Waals surface area contributed by atoms with E-state index in [2.05, 4.69) is 73.8 Å². The lowest BCUT2D eigenvalue weighted by molar-refractivity contribution is -0.206. The second kappa shape index (κ2) is 11.9. The zero-order valence-electron chi connectivity index (χ0n) is 24.9. The molecule has 0 aromatic heterocycles. The highest BCUT2D eigenvalue weighted by Crippen LogP contribution is 2.52. The first-order valence-corrected chi connectivity index (χ1v) is 15.5. The molecule has 0 aromatic rings. The topological polar surface area (TPSA) is 43.0 Å². The van der Waals surface area contributed by atoms with E-state index < -0.39 is 0 Å². The molecule has 6 nitrogen and oxygen atoms in total. The van der Waals surface area contributed by atoms with Crippen molar-refractivity contribution in [2.45, 2.75) is 117 Å². The van der Waals surface area contributed by atoms with Crippen LogP contribution in [0.2, 0.25) is 0 Å². The molecule has 4 aliphatic heterocycles. The van der Waals surface area contributed by atoms with Crippen molar-refractivity contribution < 1.29 is 4.74 Å². The molecule has 5 atom stereocenters. The van der Waals surface area contributed by atoms with Crippen molar-refractivity contribution in [3.63, 3.8) is 0 Å². The molecular formula is C30H59N5O. The Bertz CT molecular complexity index is 693. The molecule has 0 aliphatic carbocycles. The van der Waals surface area contributed by atoms with Gasteiger partial charge in [0.2, 0.25) is 0 Å². The molecule has 0 aromatic carbocycles. The van der Waals surface area contributed by atoms with E-state index in [-0.39, 0.29) is 16.6 Å². The van der Waals surface area contributed by atoms with E-state index in [4.69, 9.17) is 4.74 Å². The van der Waals surface area contributed by atoms with Crippen molar-refractivity contribution in [2.24, 2.45) is 17.3 Å². The van der Waals surface area contributed by atoms with Crippen LogP contribution in [-0.2, 0) is 4.74 Å². The van der Waals surface area contributed by atoms with Gasteiger partial charge in [-0.1, -0.05) is 66.7 Å². The number of rotatable bonds is 9. The molecule has 210 valence electrons. The molecule has 4 rings (SSSR count). The number of morpholine rings is 1. The van der Waals surface area contributed by atoms with Crippen LogP contribution in [-0.4, -0.2) is 97.1 Å². The zero-order valence-corrected chi connectivity index (χ0v) is 24.9. The highest BCUT2D eigenvalue weighted by Gasteiger charge is 2.63. The summed E-state index contributed by atoms with van der Waals surface area (Å²) < 4.78 is 6.46. The molecule has 0 saturated carbocycles. The molecule has 4 saturated heterocycles. The molecule has 4 fully saturated rings. The maximum Gasteiger partial charge on any atom is 0.0996 e. The van der Waals surface area contributed by atoms with Crippen LogP contribution in [0, 0.1) is 17.3 Å². The number of likely N-dealkylation sites (tertiary alicyclic amines) is 1. The van der Waals surface area contributed by atoms with Gasteiger partial charge in [-0.2, -0.15) is 0 Å². The van der Waals surface area contributed by atoms with E-state index in [9.17, 15) is 0 Å². The molecule has 0 spiro atoms. The fourth-order valence-electron chi connectivity index (χ4n) is 8.10. The highest BCUT2D eigenvalue weighted by molar-refractivity contribution is 5.16. The number of nitrogens with one attached hydrogen (secondary N) is 2. The minimum Gasteiger partial charge on any atom is -0.377 e. The van der Waals surface area contributed by atoms with Crippen molar-refractivity contribution in [1.82, 2.24) is 25.3 Å². The lowest BCUT2D eigenvalue weighted by Gasteiger charge is -2.61. The van der Waals surface area contributed by atoms with Crippen LogP contribution in [0.25, 0.3) is 0 Å². The van der Waals surface area contributed by atoms with Gasteiger partial charge in [-0.3, -0.25) is 14.7 Å². The second-order valence-electron chi connectivity index (χ2n) is 13.6. The van der Waals surface area contributed by atoms with Crippen LogP contribution < -0.4 is 10.6 Å². The molecule has 0 amide bonds. The van der Waals surface area contributed by atoms with E-state index >= 15 is 0 Å². The molecule has 6 heteroatoms. The third kappa shape index (κ3) is 5.29. The number of unbranched alkanes of at least 4 members (excludes halogenated alkanes) is 3. The van der Waals surface area contributed by atoms with Crippen molar-refractivity contribution in [3.05, 3.63) is 0 Å². The fraction of sp³-hybridized carbons (Fsp3) is 1.00. The first-order chi connectivity index (χ1) is 17.2. The summed E-state index contributed by atoms with van der Waals surface area (Å²) in [4.78, 5) is 8.67. The molecule has 2 N–H and O–H groups in total. The molecule has 0 bridgehead atoms. The van der Waals surface area contributed by atoms with Gasteiger partial charge in [-0.15, -0.1) is 0 Å². The van der Waals surface area contributed by atoms with Gasteiger partial charge < -0.3 is 15.4 Å². The first-order valence-electron chi connectivity index (χ1n) is 15.5. The third-order valence-corrected chi connectivity index (χ3v) is 11.1. The molecule has 36 heavy (non-hydrogen) atoms. The molecule has 5 unspecified atom stereocenters. The van der Waals surface area contributed by atoms with E-state index in [1.165, 1.54) is 58.0 Å². The zero-order chi connectivity index (χ0) is 26.0. The Morgan fingerprint density at radius 1 is 0.972 bits per heavy atom. The monoisotopic (exact) mass is 505 g/mol. The van der Waals surface area contributed by atoms with E-state index in [0.717, 1.165) is 51.9 Å². The Kier molecular flexibility index (Phi) is 9.49. The SMILES string of the molecule is CCCCCCC1(N2CC(N3CCNCC3)C(C)(C)C2(C)C)COCCN1C1NCC(CC)CC1C. The second-order valence-corrected chi connectivity index (χ2v) is 13.6. The summed E-state index contributed by atoms with van der Waals surface area (Å²) in [5.74, 6) is 1.48. The van der Waals surface area contributed by atoms with Gasteiger partial charge in [0.1, 0.15) is 0 Å². The number of nitrogens with zero attached hydrogens (tertiary/aromatic N) is 3. The van der Waals surface area contributed by atoms with Crippen molar-refractivity contribution >= 4 is 0 Å². The summed E-state index contributed by atoms with van der Waals surface area (Å²) >= 11 is 0. The predicted molar refractivity (Wildman–Crippen MR) is 151 cm³/mol. The quantitative estimate of drug-likeness (QED) is 0.454. The molecule has 4 aliphatic rings. The molecule has 4 heterocycles. The fourth-order valence-corrected chi connectivity index (χ4v) is 8.10. The number of piperidine rings is 1. The normalized spacial score (nSPS) is 38.4. The number of piperazine rings is 1. The largest absolute Gasteiger partial charge is 0.377 e. The number of hydrogen-bond acceptors (Lipinski definition) is 6. The maximum atomic E-state index is 6.46. The Balaban J connectivity index is 1.68. The molecule has 0 radical (unpaired) electrons. The predicted octanol–water partition coefficient (Wildman–Crippen LogP) is 4.36. The minimum atomic E-state index is -0.0411. The van der Waals surface area contributed by atoms with Crippen LogP contribution in [0.3, 0.4) is 0 Å². The molecular weight excluding hydrogens is 446 g/mol. The van der Waals surface area contributed by atoms with E-state index in [1.54, 1.807) is 0 Å². The smallest absolute Gasteiger partial charge is 0.0996 e. The standard InChI is InChI=1S/C30H59N5O/c1-8-10-11-12-13-30(23-36-19-18-34(30)27-24(3)20-25(9-2)21-32-27)35-22-26(28(4,5)29(35,6)7)33-16-14-31-15-17-33/h24-27,31-32H,8-23H2,1-7H3. The van der Waals surface area contributed by atoms with Crippen molar-refractivity contribution in [1.29, 1.82) is 0 Å². The minimum absolute atomic E-state index is 0.0411. The average Bonchev–Trinajstić information content (AvgIpc) is 3.07. The Morgan fingerprint density at radius 2 is 1.72 bits per heavy atom. The Hall–Kier alpha value is -0.240. The highest BCUT2D eigenvalue weighted by atomic mass is 16.5. The maximum absolute atomic E-state index is 6.46. The lowest BCUT2D eigenvalue weighted by Crippen LogP contribution is -2.75. The van der Waals surface area contributed by atoms with E-state index in [1.807, 2.05) is 0 Å². The van der Waals surface area contributed by atoms with E-state index in [0.29, 0.717) is 18.1 Å². The van der Waals surface area contributed by atoms with Crippen LogP contribution >= 0.6 is 0 Å². The summed E-state index contributed by atoms with van der Waals surface area (Å²) in [6, 6.07) is 0.576. The summed E-state index contributed by atoms with van der Waals surface area (Å²) in [6.07, 6.45) is 9.54. The summed E-state index contributed by atoms with van der Waals surface area (Å²) in [6.45, 7) is 27.0. The van der Waals surface area contributed by atoms with Crippen LogP contribution in [0.4, 0.5) is 0 Å². The summed E-state index contributed by atoms with van der Waals surface area (Å²) in [5.41, 5.74) is 0.236. The van der Waals surface area contributed by atoms with Gasteiger partial charge in [0.05, 0.1) is 25.0 Å². The average molecular weight is 506 g/mol.